The van der Waals surface area contributed by atoms with E-state index >= 15 is 0 Å². The van der Waals surface area contributed by atoms with Gasteiger partial charge < -0.3 is 5.11 Å². The number of halogens is 7. The smallest absolute Gasteiger partial charge is 0.385 e. The topological polar surface area (TPSA) is 23.5 Å². The fourth-order valence-electron chi connectivity index (χ4n) is 3.03. The molecule has 0 radical (unpaired) electrons. The molecule has 1 N–H and O–H groups in total. The number of alkyl halides is 7. The second-order valence-electron chi connectivity index (χ2n) is 6.39. The van der Waals surface area contributed by atoms with Gasteiger partial charge in [-0.3, -0.25) is 4.90 Å². The van der Waals surface area contributed by atoms with E-state index in [1.165, 1.54) is 17.1 Å². The van der Waals surface area contributed by atoms with Crippen LogP contribution in [0.5, 0.6) is 0 Å². The molecule has 0 aliphatic carbocycles. The predicted octanol–water partition coefficient (Wildman–Crippen LogP) is 4.72. The highest BCUT2D eigenvalue weighted by molar-refractivity contribution is 5.15. The van der Waals surface area contributed by atoms with Gasteiger partial charge in [0.1, 0.15) is 6.10 Å². The largest absolute Gasteiger partial charge is 0.459 e. The van der Waals surface area contributed by atoms with Crippen molar-refractivity contribution < 1.29 is 35.8 Å². The van der Waals surface area contributed by atoms with E-state index in [0.717, 1.165) is 5.57 Å². The highest BCUT2D eigenvalue weighted by atomic mass is 19.4. The standard InChI is InChI=1S/C17H22F7NO/c1-4-6-12-8-11(3)9-13(7-5-2)25(12)10-14(26)15(18,19)16(20,21)17(22,23)24/h4-5,8,12-14,26H,1-2,6-7,9-10H2,3H3/t12-,13+,14?/m0/s1. The van der Waals surface area contributed by atoms with Crippen molar-refractivity contribution >= 4 is 0 Å². The van der Waals surface area contributed by atoms with Crippen molar-refractivity contribution in [3.8, 4) is 0 Å². The third kappa shape index (κ3) is 4.49. The Morgan fingerprint density at radius 2 is 1.69 bits per heavy atom. The van der Waals surface area contributed by atoms with Crippen LogP contribution >= 0.6 is 0 Å². The van der Waals surface area contributed by atoms with Gasteiger partial charge in [-0.25, -0.2) is 0 Å². The van der Waals surface area contributed by atoms with Gasteiger partial charge >= 0.3 is 18.0 Å². The van der Waals surface area contributed by atoms with Crippen LogP contribution < -0.4 is 0 Å². The molecule has 0 saturated heterocycles. The van der Waals surface area contributed by atoms with Gasteiger partial charge in [0.05, 0.1) is 0 Å². The maximum Gasteiger partial charge on any atom is 0.459 e. The SMILES string of the molecule is C=CC[C@@H]1CC(C)=C[C@H](CC=C)N1CC(O)C(F)(F)C(F)(F)C(F)(F)F. The summed E-state index contributed by atoms with van der Waals surface area (Å²) in [6, 6.07) is -0.997. The van der Waals surface area contributed by atoms with E-state index in [4.69, 9.17) is 0 Å². The van der Waals surface area contributed by atoms with Crippen LogP contribution in [-0.4, -0.2) is 52.8 Å². The Morgan fingerprint density at radius 1 is 1.15 bits per heavy atom. The Hall–Kier alpha value is -1.35. The van der Waals surface area contributed by atoms with Crippen LogP contribution in [0.4, 0.5) is 30.7 Å². The third-order valence-corrected chi connectivity index (χ3v) is 4.35. The fraction of sp³-hybridized carbons (Fsp3) is 0.647. The molecule has 0 aromatic heterocycles. The van der Waals surface area contributed by atoms with Gasteiger partial charge in [-0.2, -0.15) is 30.7 Å². The number of rotatable bonds is 8. The van der Waals surface area contributed by atoms with E-state index in [2.05, 4.69) is 13.2 Å². The van der Waals surface area contributed by atoms with Crippen molar-refractivity contribution in [3.63, 3.8) is 0 Å². The zero-order valence-corrected chi connectivity index (χ0v) is 14.2. The molecule has 2 nitrogen and oxygen atoms in total. The van der Waals surface area contributed by atoms with Crippen molar-refractivity contribution in [2.45, 2.75) is 62.4 Å². The molecule has 26 heavy (non-hydrogen) atoms. The maximum absolute atomic E-state index is 13.7. The van der Waals surface area contributed by atoms with Gasteiger partial charge in [-0.05, 0) is 26.2 Å². The highest BCUT2D eigenvalue weighted by Crippen LogP contribution is 2.48. The maximum atomic E-state index is 13.7. The van der Waals surface area contributed by atoms with Crippen molar-refractivity contribution in [1.82, 2.24) is 4.90 Å². The molecule has 0 amide bonds. The summed E-state index contributed by atoms with van der Waals surface area (Å²) in [7, 11) is 0. The minimum absolute atomic E-state index is 0.263. The second-order valence-corrected chi connectivity index (χ2v) is 6.39. The molecule has 0 fully saturated rings. The molecule has 0 bridgehead atoms. The number of aliphatic hydroxyl groups is 1. The van der Waals surface area contributed by atoms with Crippen LogP contribution in [0.1, 0.15) is 26.2 Å². The van der Waals surface area contributed by atoms with Gasteiger partial charge in [-0.15, -0.1) is 13.2 Å². The van der Waals surface area contributed by atoms with Gasteiger partial charge in [0.15, 0.2) is 0 Å². The Morgan fingerprint density at radius 3 is 2.15 bits per heavy atom. The van der Waals surface area contributed by atoms with Crippen LogP contribution in [0.2, 0.25) is 0 Å². The van der Waals surface area contributed by atoms with E-state index in [1.807, 2.05) is 0 Å². The first kappa shape index (κ1) is 22.7. The summed E-state index contributed by atoms with van der Waals surface area (Å²) < 4.78 is 90.8. The minimum atomic E-state index is -6.48. The Bertz CT molecular complexity index is 542. The quantitative estimate of drug-likeness (QED) is 0.480. The summed E-state index contributed by atoms with van der Waals surface area (Å²) in [5.41, 5.74) is 0.918. The first-order valence-corrected chi connectivity index (χ1v) is 7.94. The van der Waals surface area contributed by atoms with Crippen LogP contribution in [0.3, 0.4) is 0 Å². The summed E-state index contributed by atoms with van der Waals surface area (Å²) in [4.78, 5) is 1.31. The zero-order valence-electron chi connectivity index (χ0n) is 14.2. The lowest BCUT2D eigenvalue weighted by Crippen LogP contribution is -2.61. The number of nitrogens with zero attached hydrogens (tertiary/aromatic N) is 1. The minimum Gasteiger partial charge on any atom is -0.385 e. The Balaban J connectivity index is 3.14. The molecule has 9 heteroatoms. The van der Waals surface area contributed by atoms with E-state index in [0.29, 0.717) is 12.8 Å². The van der Waals surface area contributed by atoms with E-state index in [1.54, 1.807) is 13.0 Å². The van der Waals surface area contributed by atoms with Crippen LogP contribution in [0.15, 0.2) is 37.0 Å². The first-order chi connectivity index (χ1) is 11.8. The summed E-state index contributed by atoms with van der Waals surface area (Å²) in [6.45, 7) is 7.82. The Kier molecular flexibility index (Phi) is 7.09. The summed E-state index contributed by atoms with van der Waals surface area (Å²) in [6.07, 6.45) is -4.04. The highest BCUT2D eigenvalue weighted by Gasteiger charge is 2.75. The Labute approximate surface area is 147 Å². The number of hydrogen-bond acceptors (Lipinski definition) is 2. The van der Waals surface area contributed by atoms with Crippen LogP contribution in [0, 0.1) is 0 Å². The van der Waals surface area contributed by atoms with Gasteiger partial charge in [-0.1, -0.05) is 23.8 Å². The molecule has 3 atom stereocenters. The lowest BCUT2D eigenvalue weighted by molar-refractivity contribution is -0.371. The zero-order chi connectivity index (χ0) is 20.3. The molecular formula is C17H22F7NO. The van der Waals surface area contributed by atoms with E-state index in [-0.39, 0.29) is 6.42 Å². The van der Waals surface area contributed by atoms with Crippen molar-refractivity contribution in [3.05, 3.63) is 37.0 Å². The molecule has 150 valence electrons. The molecular weight excluding hydrogens is 367 g/mol. The van der Waals surface area contributed by atoms with Crippen LogP contribution in [-0.2, 0) is 0 Å². The van der Waals surface area contributed by atoms with Gasteiger partial charge in [0, 0.05) is 18.6 Å². The lowest BCUT2D eigenvalue weighted by atomic mass is 9.91. The summed E-state index contributed by atoms with van der Waals surface area (Å²) in [5.74, 6) is -12.0. The van der Waals surface area contributed by atoms with Gasteiger partial charge in [0.2, 0.25) is 0 Å². The second kappa shape index (κ2) is 8.12. The average molecular weight is 389 g/mol. The summed E-state index contributed by atoms with van der Waals surface area (Å²) in [5, 5.41) is 9.62. The lowest BCUT2D eigenvalue weighted by Gasteiger charge is -2.43. The number of β-amino-alcohol motifs (C(OH)–C–C–N with tert-alkyl or cyclic N) is 1. The molecule has 0 spiro atoms. The predicted molar refractivity (Wildman–Crippen MR) is 84.2 cm³/mol. The molecule has 0 aromatic rings. The number of aliphatic hydroxyl groups excluding tert-OH is 1. The molecule has 1 aliphatic heterocycles. The monoisotopic (exact) mass is 389 g/mol. The average Bonchev–Trinajstić information content (AvgIpc) is 2.49. The van der Waals surface area contributed by atoms with E-state index in [9.17, 15) is 35.8 Å². The van der Waals surface area contributed by atoms with Crippen LogP contribution in [0.25, 0.3) is 0 Å². The van der Waals surface area contributed by atoms with Crippen molar-refractivity contribution in [1.29, 1.82) is 0 Å². The molecule has 1 aliphatic rings. The summed E-state index contributed by atoms with van der Waals surface area (Å²) >= 11 is 0. The molecule has 1 unspecified atom stereocenters. The first-order valence-electron chi connectivity index (χ1n) is 7.94. The fourth-order valence-corrected chi connectivity index (χ4v) is 3.03. The molecule has 0 aromatic carbocycles. The van der Waals surface area contributed by atoms with Crippen molar-refractivity contribution in [2.75, 3.05) is 6.54 Å². The van der Waals surface area contributed by atoms with E-state index < -0.39 is 42.8 Å². The number of hydrogen-bond donors (Lipinski definition) is 1. The normalized spacial score (nSPS) is 24.1. The molecule has 1 heterocycles. The van der Waals surface area contributed by atoms with Crippen molar-refractivity contribution in [2.24, 2.45) is 0 Å². The van der Waals surface area contributed by atoms with Gasteiger partial charge in [0.25, 0.3) is 0 Å². The third-order valence-electron chi connectivity index (χ3n) is 4.35. The molecule has 1 rings (SSSR count). The molecule has 0 saturated carbocycles.